The molecule has 3 nitrogen and oxygen atoms in total. The van der Waals surface area contributed by atoms with Crippen molar-refractivity contribution in [3.8, 4) is 5.75 Å². The number of aromatic nitrogens is 1. The monoisotopic (exact) mass is 257 g/mol. The van der Waals surface area contributed by atoms with Crippen LogP contribution in [-0.4, -0.2) is 24.8 Å². The minimum absolute atomic E-state index is 0.536. The number of halogens is 1. The third-order valence-electron chi connectivity index (χ3n) is 2.19. The van der Waals surface area contributed by atoms with Gasteiger partial charge in [0.25, 0.3) is 0 Å². The van der Waals surface area contributed by atoms with E-state index in [4.69, 9.17) is 9.47 Å². The van der Waals surface area contributed by atoms with Gasteiger partial charge < -0.3 is 9.47 Å². The largest absolute Gasteiger partial charge is 0.492 e. The minimum Gasteiger partial charge on any atom is -0.492 e. The van der Waals surface area contributed by atoms with Crippen molar-refractivity contribution in [1.29, 1.82) is 0 Å². The van der Waals surface area contributed by atoms with Crippen LogP contribution in [0, 0.1) is 5.92 Å². The van der Waals surface area contributed by atoms with Crippen LogP contribution in [0.15, 0.2) is 22.9 Å². The maximum Gasteiger partial charge on any atom is 0.138 e. The predicted octanol–water partition coefficient (Wildman–Crippen LogP) is 2.26. The van der Waals surface area contributed by atoms with E-state index in [0.29, 0.717) is 5.92 Å². The molecule has 0 saturated carbocycles. The molecule has 1 aromatic heterocycles. The van der Waals surface area contributed by atoms with Gasteiger partial charge in [-0.15, -0.1) is 0 Å². The normalized spacial score (nSPS) is 21.1. The Bertz CT molecular complexity index is 300. The highest BCUT2D eigenvalue weighted by Crippen LogP contribution is 2.18. The van der Waals surface area contributed by atoms with Crippen LogP contribution in [0.5, 0.6) is 5.75 Å². The topological polar surface area (TPSA) is 31.4 Å². The van der Waals surface area contributed by atoms with Gasteiger partial charge in [-0.25, -0.2) is 0 Å². The second-order valence-electron chi connectivity index (χ2n) is 3.38. The average molecular weight is 258 g/mol. The molecule has 4 heteroatoms. The third kappa shape index (κ3) is 2.69. The van der Waals surface area contributed by atoms with E-state index in [-0.39, 0.29) is 0 Å². The fraction of sp³-hybridized carbons (Fsp3) is 0.500. The van der Waals surface area contributed by atoms with E-state index in [1.54, 1.807) is 12.4 Å². The summed E-state index contributed by atoms with van der Waals surface area (Å²) in [6.45, 7) is 2.41. The summed E-state index contributed by atoms with van der Waals surface area (Å²) in [4.78, 5) is 4.03. The molecule has 0 spiro atoms. The summed E-state index contributed by atoms with van der Waals surface area (Å²) in [7, 11) is 0. The quantitative estimate of drug-likeness (QED) is 0.833. The second kappa shape index (κ2) is 4.75. The van der Waals surface area contributed by atoms with Gasteiger partial charge in [-0.2, -0.15) is 0 Å². The van der Waals surface area contributed by atoms with Gasteiger partial charge in [0, 0.05) is 23.2 Å². The predicted molar refractivity (Wildman–Crippen MR) is 56.4 cm³/mol. The van der Waals surface area contributed by atoms with Gasteiger partial charge in [0.15, 0.2) is 0 Å². The summed E-state index contributed by atoms with van der Waals surface area (Å²) < 4.78 is 11.8. The van der Waals surface area contributed by atoms with Gasteiger partial charge in [-0.3, -0.25) is 4.98 Å². The van der Waals surface area contributed by atoms with Crippen molar-refractivity contribution in [1.82, 2.24) is 4.98 Å². The summed E-state index contributed by atoms with van der Waals surface area (Å²) in [5, 5.41) is 0. The van der Waals surface area contributed by atoms with Crippen LogP contribution in [0.2, 0.25) is 0 Å². The van der Waals surface area contributed by atoms with E-state index >= 15 is 0 Å². The van der Waals surface area contributed by atoms with Gasteiger partial charge in [-0.05, 0) is 28.4 Å². The Morgan fingerprint density at radius 2 is 2.50 bits per heavy atom. The Kier molecular flexibility index (Phi) is 3.37. The zero-order chi connectivity index (χ0) is 9.80. The Morgan fingerprint density at radius 3 is 3.21 bits per heavy atom. The molecule has 2 rings (SSSR count). The molecule has 14 heavy (non-hydrogen) atoms. The van der Waals surface area contributed by atoms with E-state index in [0.717, 1.165) is 36.5 Å². The van der Waals surface area contributed by atoms with E-state index < -0.39 is 0 Å². The van der Waals surface area contributed by atoms with Crippen molar-refractivity contribution >= 4 is 15.9 Å². The lowest BCUT2D eigenvalue weighted by Gasteiger charge is -2.09. The van der Waals surface area contributed by atoms with Crippen molar-refractivity contribution in [2.75, 3.05) is 19.8 Å². The first-order chi connectivity index (χ1) is 6.84. The molecule has 2 heterocycles. The van der Waals surface area contributed by atoms with Gasteiger partial charge >= 0.3 is 0 Å². The molecule has 0 amide bonds. The molecule has 0 radical (unpaired) electrons. The maximum absolute atomic E-state index is 5.60. The molecule has 1 atom stereocenters. The summed E-state index contributed by atoms with van der Waals surface area (Å²) in [5.41, 5.74) is 0. The van der Waals surface area contributed by atoms with Crippen LogP contribution in [0.4, 0.5) is 0 Å². The lowest BCUT2D eigenvalue weighted by Crippen LogP contribution is -2.11. The zero-order valence-electron chi connectivity index (χ0n) is 7.78. The highest BCUT2D eigenvalue weighted by molar-refractivity contribution is 9.10. The lowest BCUT2D eigenvalue weighted by atomic mass is 10.1. The van der Waals surface area contributed by atoms with Gasteiger partial charge in [-0.1, -0.05) is 0 Å². The molecule has 1 aliphatic rings. The van der Waals surface area contributed by atoms with Crippen molar-refractivity contribution < 1.29 is 9.47 Å². The Labute approximate surface area is 91.6 Å². The molecule has 0 aliphatic carbocycles. The van der Waals surface area contributed by atoms with Gasteiger partial charge in [0.05, 0.1) is 19.4 Å². The van der Waals surface area contributed by atoms with E-state index in [2.05, 4.69) is 20.9 Å². The zero-order valence-corrected chi connectivity index (χ0v) is 9.37. The molecule has 0 aromatic carbocycles. The molecule has 76 valence electrons. The molecule has 0 bridgehead atoms. The van der Waals surface area contributed by atoms with Crippen molar-refractivity contribution in [2.24, 2.45) is 5.92 Å². The van der Waals surface area contributed by atoms with Crippen molar-refractivity contribution in [3.05, 3.63) is 22.9 Å². The number of nitrogens with zero attached hydrogens (tertiary/aromatic N) is 1. The van der Waals surface area contributed by atoms with Crippen LogP contribution in [0.25, 0.3) is 0 Å². The van der Waals surface area contributed by atoms with Crippen LogP contribution >= 0.6 is 15.9 Å². The van der Waals surface area contributed by atoms with E-state index in [1.807, 2.05) is 6.07 Å². The van der Waals surface area contributed by atoms with Crippen molar-refractivity contribution in [2.45, 2.75) is 6.42 Å². The SMILES string of the molecule is Brc1cncc(OCC2CCOC2)c1. The first kappa shape index (κ1) is 9.93. The average Bonchev–Trinajstić information content (AvgIpc) is 2.67. The molecule has 0 N–H and O–H groups in total. The number of hydrogen-bond acceptors (Lipinski definition) is 3. The Morgan fingerprint density at radius 1 is 1.57 bits per heavy atom. The first-order valence-electron chi connectivity index (χ1n) is 4.65. The van der Waals surface area contributed by atoms with Crippen molar-refractivity contribution in [3.63, 3.8) is 0 Å². The molecule has 1 unspecified atom stereocenters. The molecule has 1 aromatic rings. The van der Waals surface area contributed by atoms with Crippen LogP contribution < -0.4 is 4.74 Å². The fourth-order valence-electron chi connectivity index (χ4n) is 1.40. The number of hydrogen-bond donors (Lipinski definition) is 0. The smallest absolute Gasteiger partial charge is 0.138 e. The molecule has 1 aliphatic heterocycles. The summed E-state index contributed by atoms with van der Waals surface area (Å²) >= 11 is 3.35. The second-order valence-corrected chi connectivity index (χ2v) is 4.30. The van der Waals surface area contributed by atoms with E-state index in [9.17, 15) is 0 Å². The van der Waals surface area contributed by atoms with Crippen LogP contribution in [0.3, 0.4) is 0 Å². The molecule has 1 fully saturated rings. The lowest BCUT2D eigenvalue weighted by molar-refractivity contribution is 0.167. The van der Waals surface area contributed by atoms with Gasteiger partial charge in [0.2, 0.25) is 0 Å². The van der Waals surface area contributed by atoms with Gasteiger partial charge in [0.1, 0.15) is 5.75 Å². The number of ether oxygens (including phenoxy) is 2. The third-order valence-corrected chi connectivity index (χ3v) is 2.62. The Balaban J connectivity index is 1.85. The highest BCUT2D eigenvalue weighted by Gasteiger charge is 2.16. The summed E-state index contributed by atoms with van der Waals surface area (Å²) in [6, 6.07) is 1.92. The van der Waals surface area contributed by atoms with Crippen LogP contribution in [-0.2, 0) is 4.74 Å². The fourth-order valence-corrected chi connectivity index (χ4v) is 1.74. The number of rotatable bonds is 3. The standard InChI is InChI=1S/C10H12BrNO2/c11-9-3-10(5-12-4-9)14-7-8-1-2-13-6-8/h3-5,8H,1-2,6-7H2. The maximum atomic E-state index is 5.60. The molecular formula is C10H12BrNO2. The molecule has 1 saturated heterocycles. The summed E-state index contributed by atoms with van der Waals surface area (Å²) in [5.74, 6) is 1.35. The van der Waals surface area contributed by atoms with Crippen LogP contribution in [0.1, 0.15) is 6.42 Å². The Hall–Kier alpha value is -0.610. The molecular weight excluding hydrogens is 246 g/mol. The number of pyridine rings is 1. The minimum atomic E-state index is 0.536. The highest BCUT2D eigenvalue weighted by atomic mass is 79.9. The summed E-state index contributed by atoms with van der Waals surface area (Å²) in [6.07, 6.45) is 4.56. The first-order valence-corrected chi connectivity index (χ1v) is 5.45. The van der Waals surface area contributed by atoms with E-state index in [1.165, 1.54) is 0 Å².